The van der Waals surface area contributed by atoms with Crippen LogP contribution in [-0.4, -0.2) is 36.5 Å². The fourth-order valence-corrected chi connectivity index (χ4v) is 3.63. The van der Waals surface area contributed by atoms with Crippen LogP contribution in [0.2, 0.25) is 0 Å². The van der Waals surface area contributed by atoms with Gasteiger partial charge in [0.15, 0.2) is 23.9 Å². The van der Waals surface area contributed by atoms with Gasteiger partial charge in [0, 0.05) is 17.7 Å². The highest BCUT2D eigenvalue weighted by Crippen LogP contribution is 2.30. The lowest BCUT2D eigenvalue weighted by Gasteiger charge is -2.17. The SMILES string of the molecule is COc1cc(C(=O)OCC(=O)c2ccc3c(c2)CCC(=O)N3)ccc1OCc1c(C)noc1C. The minimum atomic E-state index is -0.658. The van der Waals surface area contributed by atoms with Gasteiger partial charge in [0.1, 0.15) is 12.4 Å². The quantitative estimate of drug-likeness (QED) is 0.395. The summed E-state index contributed by atoms with van der Waals surface area (Å²) < 4.78 is 21.5. The van der Waals surface area contributed by atoms with Gasteiger partial charge in [0.2, 0.25) is 5.91 Å². The number of Topliss-reactive ketones (excluding diaryl/α,β-unsaturated/α-hetero) is 1. The Bertz CT molecular complexity index is 1240. The number of ether oxygens (including phenoxy) is 3. The number of carbonyl (C=O) groups excluding carboxylic acids is 3. The molecule has 1 aromatic heterocycles. The molecule has 0 bridgehead atoms. The van der Waals surface area contributed by atoms with Crippen LogP contribution in [-0.2, 0) is 22.6 Å². The summed E-state index contributed by atoms with van der Waals surface area (Å²) in [5, 5.41) is 6.67. The number of aryl methyl sites for hydroxylation is 3. The van der Waals surface area contributed by atoms with Crippen molar-refractivity contribution in [3.63, 3.8) is 0 Å². The maximum absolute atomic E-state index is 12.5. The Labute approximate surface area is 196 Å². The molecule has 34 heavy (non-hydrogen) atoms. The molecular formula is C25H24N2O7. The average molecular weight is 464 g/mol. The van der Waals surface area contributed by atoms with Crippen LogP contribution in [0, 0.1) is 13.8 Å². The summed E-state index contributed by atoms with van der Waals surface area (Å²) in [6, 6.07) is 9.66. The molecule has 0 radical (unpaired) electrons. The molecule has 0 atom stereocenters. The number of ketones is 1. The third-order valence-corrected chi connectivity index (χ3v) is 5.61. The van der Waals surface area contributed by atoms with Gasteiger partial charge in [-0.15, -0.1) is 0 Å². The van der Waals surface area contributed by atoms with E-state index in [1.807, 2.05) is 6.92 Å². The van der Waals surface area contributed by atoms with Gasteiger partial charge < -0.3 is 24.1 Å². The van der Waals surface area contributed by atoms with Crippen LogP contribution in [0.1, 0.15) is 49.7 Å². The third-order valence-electron chi connectivity index (χ3n) is 5.61. The molecule has 9 nitrogen and oxygen atoms in total. The molecule has 0 unspecified atom stereocenters. The Morgan fingerprint density at radius 1 is 1.06 bits per heavy atom. The minimum Gasteiger partial charge on any atom is -0.493 e. The number of nitrogens with zero attached hydrogens (tertiary/aromatic N) is 1. The lowest BCUT2D eigenvalue weighted by Crippen LogP contribution is -2.20. The molecule has 9 heteroatoms. The monoisotopic (exact) mass is 464 g/mol. The molecule has 0 saturated heterocycles. The van der Waals surface area contributed by atoms with Crippen molar-refractivity contribution in [1.29, 1.82) is 0 Å². The number of carbonyl (C=O) groups is 3. The number of rotatable bonds is 8. The first-order valence-electron chi connectivity index (χ1n) is 10.7. The lowest BCUT2D eigenvalue weighted by molar-refractivity contribution is -0.116. The van der Waals surface area contributed by atoms with E-state index in [1.165, 1.54) is 13.2 Å². The number of amides is 1. The number of aromatic nitrogens is 1. The van der Waals surface area contributed by atoms with Gasteiger partial charge in [-0.25, -0.2) is 4.79 Å². The summed E-state index contributed by atoms with van der Waals surface area (Å²) in [4.78, 5) is 36.5. The Balaban J connectivity index is 1.38. The van der Waals surface area contributed by atoms with Crippen LogP contribution in [0.5, 0.6) is 11.5 Å². The number of anilines is 1. The van der Waals surface area contributed by atoms with Gasteiger partial charge in [-0.2, -0.15) is 0 Å². The zero-order valence-corrected chi connectivity index (χ0v) is 19.1. The smallest absolute Gasteiger partial charge is 0.338 e. The standard InChI is InChI=1S/C25H24N2O7/c1-14-19(15(2)34-27-14)12-32-22-8-5-18(11-23(22)31-3)25(30)33-13-21(28)17-4-7-20-16(10-17)6-9-24(29)26-20/h4-5,7-8,10-11H,6,9,12-13H2,1-3H3,(H,26,29). The van der Waals surface area contributed by atoms with Crippen molar-refractivity contribution in [2.24, 2.45) is 0 Å². The topological polar surface area (TPSA) is 117 Å². The summed E-state index contributed by atoms with van der Waals surface area (Å²) in [7, 11) is 1.47. The number of fused-ring (bicyclic) bond motifs is 1. The summed E-state index contributed by atoms with van der Waals surface area (Å²) in [6.07, 6.45) is 0.936. The maximum Gasteiger partial charge on any atom is 0.338 e. The van der Waals surface area contributed by atoms with E-state index in [0.29, 0.717) is 41.4 Å². The van der Waals surface area contributed by atoms with Crippen molar-refractivity contribution < 1.29 is 33.1 Å². The third kappa shape index (κ3) is 4.93. The fourth-order valence-electron chi connectivity index (χ4n) is 3.63. The Kier molecular flexibility index (Phi) is 6.62. The molecule has 0 aliphatic carbocycles. The van der Waals surface area contributed by atoms with E-state index in [4.69, 9.17) is 18.7 Å². The Morgan fingerprint density at radius 2 is 1.85 bits per heavy atom. The van der Waals surface area contributed by atoms with Crippen molar-refractivity contribution in [1.82, 2.24) is 5.16 Å². The Hall–Kier alpha value is -4.14. The van der Waals surface area contributed by atoms with Crippen LogP contribution in [0.25, 0.3) is 0 Å². The van der Waals surface area contributed by atoms with Crippen molar-refractivity contribution in [2.75, 3.05) is 19.0 Å². The predicted molar refractivity (Wildman–Crippen MR) is 121 cm³/mol. The van der Waals surface area contributed by atoms with Gasteiger partial charge in [-0.3, -0.25) is 9.59 Å². The van der Waals surface area contributed by atoms with E-state index in [-0.39, 0.29) is 23.9 Å². The largest absolute Gasteiger partial charge is 0.493 e. The van der Waals surface area contributed by atoms with Crippen LogP contribution < -0.4 is 14.8 Å². The molecule has 2 heterocycles. The summed E-state index contributed by atoms with van der Waals surface area (Å²) in [5.41, 5.74) is 3.81. The first-order chi connectivity index (χ1) is 16.4. The summed E-state index contributed by atoms with van der Waals surface area (Å²) >= 11 is 0. The van der Waals surface area contributed by atoms with E-state index >= 15 is 0 Å². The van der Waals surface area contributed by atoms with Crippen LogP contribution in [0.4, 0.5) is 5.69 Å². The minimum absolute atomic E-state index is 0.0453. The fraction of sp³-hybridized carbons (Fsp3) is 0.280. The molecule has 0 spiro atoms. The molecule has 1 amide bonds. The van der Waals surface area contributed by atoms with E-state index in [0.717, 1.165) is 16.8 Å². The number of esters is 1. The number of benzene rings is 2. The average Bonchev–Trinajstić information content (AvgIpc) is 3.17. The van der Waals surface area contributed by atoms with Crippen molar-refractivity contribution >= 4 is 23.3 Å². The number of nitrogens with one attached hydrogen (secondary N) is 1. The van der Waals surface area contributed by atoms with E-state index < -0.39 is 12.6 Å². The molecule has 0 saturated carbocycles. The first-order valence-corrected chi connectivity index (χ1v) is 10.7. The normalized spacial score (nSPS) is 12.5. The predicted octanol–water partition coefficient (Wildman–Crippen LogP) is 3.80. The molecule has 1 aliphatic heterocycles. The van der Waals surface area contributed by atoms with Crippen LogP contribution in [0.3, 0.4) is 0 Å². The summed E-state index contributed by atoms with van der Waals surface area (Å²) in [6.45, 7) is 3.46. The molecule has 1 N–H and O–H groups in total. The molecule has 176 valence electrons. The highest BCUT2D eigenvalue weighted by atomic mass is 16.5. The molecule has 3 aromatic rings. The molecule has 4 rings (SSSR count). The zero-order chi connectivity index (χ0) is 24.2. The van der Waals surface area contributed by atoms with Crippen molar-refractivity contribution in [3.8, 4) is 11.5 Å². The second kappa shape index (κ2) is 9.78. The van der Waals surface area contributed by atoms with Gasteiger partial charge in [0.05, 0.1) is 23.9 Å². The maximum atomic E-state index is 12.5. The molecule has 1 aliphatic rings. The number of hydrogen-bond acceptors (Lipinski definition) is 8. The van der Waals surface area contributed by atoms with Gasteiger partial charge in [0.25, 0.3) is 0 Å². The highest BCUT2D eigenvalue weighted by Gasteiger charge is 2.19. The second-order valence-electron chi connectivity index (χ2n) is 7.88. The van der Waals surface area contributed by atoms with Crippen molar-refractivity contribution in [2.45, 2.75) is 33.3 Å². The van der Waals surface area contributed by atoms with Crippen LogP contribution >= 0.6 is 0 Å². The van der Waals surface area contributed by atoms with Gasteiger partial charge in [-0.1, -0.05) is 5.16 Å². The van der Waals surface area contributed by atoms with Gasteiger partial charge in [-0.05, 0) is 62.2 Å². The molecule has 0 fully saturated rings. The zero-order valence-electron chi connectivity index (χ0n) is 19.1. The van der Waals surface area contributed by atoms with E-state index in [9.17, 15) is 14.4 Å². The summed E-state index contributed by atoms with van der Waals surface area (Å²) in [5.74, 6) is 0.426. The first kappa shape index (κ1) is 23.0. The van der Waals surface area contributed by atoms with E-state index in [1.54, 1.807) is 37.3 Å². The van der Waals surface area contributed by atoms with Crippen molar-refractivity contribution in [3.05, 3.63) is 70.1 Å². The van der Waals surface area contributed by atoms with Gasteiger partial charge >= 0.3 is 5.97 Å². The number of methoxy groups -OCH3 is 1. The second-order valence-corrected chi connectivity index (χ2v) is 7.88. The number of hydrogen-bond donors (Lipinski definition) is 1. The highest BCUT2D eigenvalue weighted by molar-refractivity contribution is 6.01. The lowest BCUT2D eigenvalue weighted by atomic mass is 9.99. The molecular weight excluding hydrogens is 440 g/mol. The Morgan fingerprint density at radius 3 is 2.59 bits per heavy atom. The van der Waals surface area contributed by atoms with E-state index in [2.05, 4.69) is 10.5 Å². The molecule has 2 aromatic carbocycles. The van der Waals surface area contributed by atoms with Crippen LogP contribution in [0.15, 0.2) is 40.9 Å².